The summed E-state index contributed by atoms with van der Waals surface area (Å²) in [7, 11) is 4.82. The van der Waals surface area contributed by atoms with E-state index in [1.165, 1.54) is 19.2 Å². The fourth-order valence-corrected chi connectivity index (χ4v) is 5.13. The molecule has 8 nitrogen and oxygen atoms in total. The van der Waals surface area contributed by atoms with Crippen LogP contribution in [0.1, 0.15) is 58.2 Å². The normalized spacial score (nSPS) is 14.5. The van der Waals surface area contributed by atoms with E-state index in [0.29, 0.717) is 29.3 Å². The lowest BCUT2D eigenvalue weighted by Crippen LogP contribution is -2.33. The summed E-state index contributed by atoms with van der Waals surface area (Å²) in [4.78, 5) is 23.9. The highest BCUT2D eigenvalue weighted by atomic mass is 19.3. The van der Waals surface area contributed by atoms with E-state index in [4.69, 9.17) is 19.2 Å². The molecular formula is C30H31F3N4O4. The number of fused-ring (bicyclic) bond motifs is 1. The number of aryl methyl sites for hydroxylation is 1. The van der Waals surface area contributed by atoms with Crippen molar-refractivity contribution in [2.75, 3.05) is 27.3 Å². The predicted molar refractivity (Wildman–Crippen MR) is 146 cm³/mol. The molecule has 1 aliphatic heterocycles. The van der Waals surface area contributed by atoms with Crippen molar-refractivity contribution >= 4 is 17.0 Å². The summed E-state index contributed by atoms with van der Waals surface area (Å²) in [5, 5.41) is 0. The topological polar surface area (TPSA) is 78.7 Å². The second-order valence-electron chi connectivity index (χ2n) is 10.0. The lowest BCUT2D eigenvalue weighted by Gasteiger charge is -2.31. The van der Waals surface area contributed by atoms with Gasteiger partial charge >= 0.3 is 5.97 Å². The molecule has 2 aromatic heterocycles. The van der Waals surface area contributed by atoms with Gasteiger partial charge in [-0.1, -0.05) is 18.2 Å². The maximum atomic E-state index is 14.2. The molecule has 1 saturated heterocycles. The average Bonchev–Trinajstić information content (AvgIpc) is 3.30. The van der Waals surface area contributed by atoms with Crippen LogP contribution in [0.4, 0.5) is 13.2 Å². The smallest absolute Gasteiger partial charge is 0.338 e. The lowest BCUT2D eigenvalue weighted by atomic mass is 9.93. The van der Waals surface area contributed by atoms with Crippen molar-refractivity contribution < 1.29 is 32.2 Å². The minimum absolute atomic E-state index is 0.103. The van der Waals surface area contributed by atoms with Crippen molar-refractivity contribution in [3.63, 3.8) is 0 Å². The molecule has 1 aliphatic rings. The number of benzene rings is 2. The minimum atomic E-state index is -2.72. The Morgan fingerprint density at radius 2 is 1.85 bits per heavy atom. The number of imidazole rings is 1. The monoisotopic (exact) mass is 568 g/mol. The first-order valence-corrected chi connectivity index (χ1v) is 13.3. The number of halogens is 3. The number of ether oxygens (including phenoxy) is 3. The number of esters is 1. The second-order valence-corrected chi connectivity index (χ2v) is 10.0. The van der Waals surface area contributed by atoms with Crippen LogP contribution in [-0.4, -0.2) is 52.7 Å². The van der Waals surface area contributed by atoms with Crippen LogP contribution in [-0.2, 0) is 24.9 Å². The van der Waals surface area contributed by atoms with Gasteiger partial charge in [-0.05, 0) is 50.2 Å². The number of hydrogen-bond acceptors (Lipinski definition) is 7. The highest BCUT2D eigenvalue weighted by molar-refractivity contribution is 5.96. The Balaban J connectivity index is 1.21. The summed E-state index contributed by atoms with van der Waals surface area (Å²) in [6.45, 7) is 2.22. The summed E-state index contributed by atoms with van der Waals surface area (Å²) in [5.41, 5.74) is 2.62. The Kier molecular flexibility index (Phi) is 8.44. The largest absolute Gasteiger partial charge is 0.494 e. The van der Waals surface area contributed by atoms with Crippen LogP contribution in [0.25, 0.3) is 11.0 Å². The van der Waals surface area contributed by atoms with E-state index in [1.54, 1.807) is 25.3 Å². The summed E-state index contributed by atoms with van der Waals surface area (Å²) >= 11 is 0. The highest BCUT2D eigenvalue weighted by Gasteiger charge is 2.24. The van der Waals surface area contributed by atoms with Crippen molar-refractivity contribution in [1.29, 1.82) is 0 Å². The van der Waals surface area contributed by atoms with Gasteiger partial charge in [0, 0.05) is 35.9 Å². The minimum Gasteiger partial charge on any atom is -0.494 e. The van der Waals surface area contributed by atoms with E-state index < -0.39 is 18.2 Å². The van der Waals surface area contributed by atoms with Crippen LogP contribution < -0.4 is 9.47 Å². The molecule has 41 heavy (non-hydrogen) atoms. The summed E-state index contributed by atoms with van der Waals surface area (Å²) < 4.78 is 57.8. The predicted octanol–water partition coefficient (Wildman–Crippen LogP) is 5.80. The Labute approximate surface area is 235 Å². The molecule has 0 bridgehead atoms. The van der Waals surface area contributed by atoms with E-state index >= 15 is 0 Å². The van der Waals surface area contributed by atoms with Gasteiger partial charge in [-0.15, -0.1) is 0 Å². The first-order valence-electron chi connectivity index (χ1n) is 13.3. The van der Waals surface area contributed by atoms with Crippen molar-refractivity contribution in [2.45, 2.75) is 38.3 Å². The van der Waals surface area contributed by atoms with Crippen LogP contribution >= 0.6 is 0 Å². The Bertz CT molecular complexity index is 1550. The summed E-state index contributed by atoms with van der Waals surface area (Å²) in [6, 6.07) is 12.3. The Morgan fingerprint density at radius 1 is 1.07 bits per heavy atom. The fraction of sp³-hybridized carbons (Fsp3) is 0.367. The molecule has 0 radical (unpaired) electrons. The maximum absolute atomic E-state index is 14.2. The molecule has 216 valence electrons. The fourth-order valence-electron chi connectivity index (χ4n) is 5.13. The zero-order valence-electron chi connectivity index (χ0n) is 23.1. The number of methoxy groups -OCH3 is 2. The second kappa shape index (κ2) is 12.2. The van der Waals surface area contributed by atoms with Gasteiger partial charge in [-0.3, -0.25) is 4.90 Å². The molecule has 1 fully saturated rings. The lowest BCUT2D eigenvalue weighted by molar-refractivity contribution is 0.0600. The third-order valence-corrected chi connectivity index (χ3v) is 7.51. The molecule has 0 atom stereocenters. The number of aromatic nitrogens is 3. The molecule has 11 heteroatoms. The summed E-state index contributed by atoms with van der Waals surface area (Å²) in [6.07, 6.45) is -0.947. The molecule has 0 saturated carbocycles. The highest BCUT2D eigenvalue weighted by Crippen LogP contribution is 2.31. The molecule has 3 heterocycles. The maximum Gasteiger partial charge on any atom is 0.338 e. The number of pyridine rings is 1. The van der Waals surface area contributed by atoms with Crippen LogP contribution in [0.3, 0.4) is 0 Å². The number of carbonyl (C=O) groups is 1. The van der Waals surface area contributed by atoms with Crippen molar-refractivity contribution in [2.24, 2.45) is 7.05 Å². The van der Waals surface area contributed by atoms with E-state index in [-0.39, 0.29) is 23.7 Å². The first kappa shape index (κ1) is 28.4. The standard InChI is InChI=1S/C30H31F3N4O4/c1-36-24-14-21(30(38)40-3)15-25(39-2)28(24)35-26(36)16-37-11-9-18(10-12-37)23-5-4-6-27(34-23)41-17-20-8-7-19(29(32)33)13-22(20)31/h4-8,13-15,18,29H,9-12,16-17H2,1-3H3. The van der Waals surface area contributed by atoms with E-state index in [0.717, 1.165) is 49.0 Å². The molecule has 4 aromatic rings. The van der Waals surface area contributed by atoms with Gasteiger partial charge in [-0.2, -0.15) is 0 Å². The number of carbonyl (C=O) groups excluding carboxylic acids is 1. The molecule has 0 N–H and O–H groups in total. The number of rotatable bonds is 9. The van der Waals surface area contributed by atoms with Crippen LogP contribution in [0.15, 0.2) is 48.5 Å². The van der Waals surface area contributed by atoms with Crippen LogP contribution in [0.2, 0.25) is 0 Å². The van der Waals surface area contributed by atoms with E-state index in [9.17, 15) is 18.0 Å². The molecular weight excluding hydrogens is 537 g/mol. The first-order chi connectivity index (χ1) is 19.8. The zero-order valence-corrected chi connectivity index (χ0v) is 23.1. The molecule has 0 amide bonds. The quantitative estimate of drug-likeness (QED) is 0.236. The third kappa shape index (κ3) is 6.14. The number of alkyl halides is 2. The third-order valence-electron chi connectivity index (χ3n) is 7.51. The van der Waals surface area contributed by atoms with Crippen molar-refractivity contribution in [3.8, 4) is 11.6 Å². The SMILES string of the molecule is COC(=O)c1cc(OC)c2nc(CN3CCC(c4cccc(OCc5ccc(C(F)F)cc5F)n4)CC3)n(C)c2c1. The number of nitrogens with zero attached hydrogens (tertiary/aromatic N) is 4. The van der Waals surface area contributed by atoms with Gasteiger partial charge in [0.1, 0.15) is 29.5 Å². The van der Waals surface area contributed by atoms with Gasteiger partial charge in [0.15, 0.2) is 0 Å². The molecule has 2 aromatic carbocycles. The number of piperidine rings is 1. The van der Waals surface area contributed by atoms with Crippen LogP contribution in [0.5, 0.6) is 11.6 Å². The van der Waals surface area contributed by atoms with Gasteiger partial charge < -0.3 is 18.8 Å². The number of likely N-dealkylation sites (tertiary alicyclic amines) is 1. The van der Waals surface area contributed by atoms with Gasteiger partial charge in [0.25, 0.3) is 6.43 Å². The zero-order chi connectivity index (χ0) is 29.1. The van der Waals surface area contributed by atoms with Crippen molar-refractivity contribution in [3.05, 3.63) is 82.6 Å². The summed E-state index contributed by atoms with van der Waals surface area (Å²) in [5.74, 6) is 0.816. The van der Waals surface area contributed by atoms with Gasteiger partial charge in [0.05, 0.1) is 31.8 Å². The molecule has 0 aliphatic carbocycles. The van der Waals surface area contributed by atoms with Gasteiger partial charge in [-0.25, -0.2) is 27.9 Å². The van der Waals surface area contributed by atoms with E-state index in [1.807, 2.05) is 23.7 Å². The number of hydrogen-bond donors (Lipinski definition) is 0. The van der Waals surface area contributed by atoms with Gasteiger partial charge in [0.2, 0.25) is 5.88 Å². The average molecular weight is 569 g/mol. The molecule has 0 spiro atoms. The Morgan fingerprint density at radius 3 is 2.54 bits per heavy atom. The van der Waals surface area contributed by atoms with Crippen LogP contribution in [0, 0.1) is 5.82 Å². The van der Waals surface area contributed by atoms with E-state index in [2.05, 4.69) is 9.88 Å². The van der Waals surface area contributed by atoms with Crippen molar-refractivity contribution in [1.82, 2.24) is 19.4 Å². The molecule has 5 rings (SSSR count). The Hall–Kier alpha value is -4.12. The molecule has 0 unspecified atom stereocenters.